The number of para-hydroxylation sites is 2. The number of aryl methyl sites for hydroxylation is 4. The Morgan fingerprint density at radius 1 is 0.465 bits per heavy atom. The highest BCUT2D eigenvalue weighted by atomic mass is 16.5. The predicted molar refractivity (Wildman–Crippen MR) is 172 cm³/mol. The van der Waals surface area contributed by atoms with Gasteiger partial charge >= 0.3 is 0 Å². The SMILES string of the molecule is c1cnc2c(c1)CCc1cccc3c4ccc(Oc5ccc6c7cccc8c7n(c6c5)-c5ncccc5CC8)cc4n-2c13. The normalized spacial score (nSPS) is 13.7. The second-order valence-corrected chi connectivity index (χ2v) is 11.7. The van der Waals surface area contributed by atoms with Gasteiger partial charge in [0, 0.05) is 46.1 Å². The van der Waals surface area contributed by atoms with Gasteiger partial charge in [0.1, 0.15) is 23.1 Å². The van der Waals surface area contributed by atoms with E-state index >= 15 is 0 Å². The Bertz CT molecular complexity index is 2280. The van der Waals surface area contributed by atoms with Crippen LogP contribution in [0.3, 0.4) is 0 Å². The molecule has 0 aliphatic carbocycles. The summed E-state index contributed by atoms with van der Waals surface area (Å²) in [5.41, 5.74) is 10.0. The van der Waals surface area contributed by atoms with E-state index in [1.807, 2.05) is 24.5 Å². The molecule has 43 heavy (non-hydrogen) atoms. The highest BCUT2D eigenvalue weighted by Crippen LogP contribution is 2.41. The lowest BCUT2D eigenvalue weighted by Gasteiger charge is -2.12. The summed E-state index contributed by atoms with van der Waals surface area (Å²) in [5.74, 6) is 3.65. The summed E-state index contributed by atoms with van der Waals surface area (Å²) in [4.78, 5) is 9.73. The van der Waals surface area contributed by atoms with Crippen LogP contribution in [0.4, 0.5) is 0 Å². The molecule has 0 saturated carbocycles. The standard InChI is InChI=1S/C38H26N4O/c1-5-23-11-13-25-7-3-19-39-37(25)41-33-21-27(15-17-29(33)31(9-1)35(23)41)43-28-16-18-30-32-10-2-6-24-12-14-26-8-4-20-40-38(26)42(36(24)32)34(30)22-28/h1-10,15-22H,11-14H2. The Morgan fingerprint density at radius 2 is 0.930 bits per heavy atom. The van der Waals surface area contributed by atoms with Crippen LogP contribution in [0.2, 0.25) is 0 Å². The van der Waals surface area contributed by atoms with Crippen molar-refractivity contribution in [2.24, 2.45) is 0 Å². The lowest BCUT2D eigenvalue weighted by Crippen LogP contribution is -2.00. The molecular formula is C38H26N4O. The molecule has 5 nitrogen and oxygen atoms in total. The van der Waals surface area contributed by atoms with Gasteiger partial charge in [-0.15, -0.1) is 0 Å². The van der Waals surface area contributed by atoms with Crippen molar-refractivity contribution in [3.8, 4) is 23.1 Å². The first-order valence-electron chi connectivity index (χ1n) is 15.0. The van der Waals surface area contributed by atoms with Crippen LogP contribution in [-0.4, -0.2) is 19.1 Å². The third-order valence-electron chi connectivity index (χ3n) is 9.41. The molecule has 0 saturated heterocycles. The third-order valence-corrected chi connectivity index (χ3v) is 9.41. The fourth-order valence-electron chi connectivity index (χ4n) is 7.53. The van der Waals surface area contributed by atoms with Crippen molar-refractivity contribution in [1.82, 2.24) is 19.1 Å². The summed E-state index contributed by atoms with van der Waals surface area (Å²) in [6.45, 7) is 0. The van der Waals surface area contributed by atoms with Crippen LogP contribution in [-0.2, 0) is 25.7 Å². The summed E-state index contributed by atoms with van der Waals surface area (Å²) in [6.07, 6.45) is 7.76. The van der Waals surface area contributed by atoms with Crippen LogP contribution in [0.15, 0.2) is 109 Å². The summed E-state index contributed by atoms with van der Waals surface area (Å²) in [6, 6.07) is 34.7. The molecule has 4 aromatic carbocycles. The molecule has 0 amide bonds. The molecule has 0 fully saturated rings. The molecule has 0 bridgehead atoms. The third kappa shape index (κ3) is 3.22. The summed E-state index contributed by atoms with van der Waals surface area (Å²) >= 11 is 0. The van der Waals surface area contributed by atoms with Gasteiger partial charge in [0.05, 0.1) is 22.1 Å². The van der Waals surface area contributed by atoms with Gasteiger partial charge in [0.25, 0.3) is 0 Å². The maximum Gasteiger partial charge on any atom is 0.140 e. The van der Waals surface area contributed by atoms with Crippen LogP contribution in [0.1, 0.15) is 22.3 Å². The summed E-state index contributed by atoms with van der Waals surface area (Å²) in [7, 11) is 0. The highest BCUT2D eigenvalue weighted by Gasteiger charge is 2.23. The van der Waals surface area contributed by atoms with Crippen LogP contribution in [0, 0.1) is 0 Å². The zero-order valence-electron chi connectivity index (χ0n) is 23.4. The van der Waals surface area contributed by atoms with Crippen molar-refractivity contribution < 1.29 is 4.74 Å². The van der Waals surface area contributed by atoms with Crippen LogP contribution in [0.25, 0.3) is 55.2 Å². The molecule has 6 heterocycles. The van der Waals surface area contributed by atoms with E-state index in [2.05, 4.69) is 94.1 Å². The molecule has 10 rings (SSSR count). The zero-order valence-corrected chi connectivity index (χ0v) is 23.4. The Kier molecular flexibility index (Phi) is 4.61. The summed E-state index contributed by atoms with van der Waals surface area (Å²) in [5, 5.41) is 4.95. The molecule has 0 N–H and O–H groups in total. The van der Waals surface area contributed by atoms with E-state index in [1.54, 1.807) is 0 Å². The van der Waals surface area contributed by atoms with Crippen molar-refractivity contribution in [2.75, 3.05) is 0 Å². The minimum absolute atomic E-state index is 0.806. The minimum atomic E-state index is 0.806. The van der Waals surface area contributed by atoms with Gasteiger partial charge in [0.2, 0.25) is 0 Å². The second kappa shape index (κ2) is 8.55. The van der Waals surface area contributed by atoms with E-state index < -0.39 is 0 Å². The Labute approximate surface area is 247 Å². The maximum atomic E-state index is 6.65. The van der Waals surface area contributed by atoms with Crippen molar-refractivity contribution in [3.05, 3.63) is 132 Å². The lowest BCUT2D eigenvalue weighted by molar-refractivity contribution is 0.484. The van der Waals surface area contributed by atoms with Crippen molar-refractivity contribution in [3.63, 3.8) is 0 Å². The van der Waals surface area contributed by atoms with E-state index in [0.717, 1.165) is 59.9 Å². The zero-order chi connectivity index (χ0) is 28.1. The number of rotatable bonds is 2. The first-order valence-corrected chi connectivity index (χ1v) is 15.0. The summed E-state index contributed by atoms with van der Waals surface area (Å²) < 4.78 is 11.3. The first-order chi connectivity index (χ1) is 21.3. The average molecular weight is 555 g/mol. The van der Waals surface area contributed by atoms with Gasteiger partial charge in [-0.2, -0.15) is 0 Å². The van der Waals surface area contributed by atoms with E-state index in [9.17, 15) is 0 Å². The van der Waals surface area contributed by atoms with Crippen molar-refractivity contribution >= 4 is 43.6 Å². The van der Waals surface area contributed by atoms with E-state index in [4.69, 9.17) is 14.7 Å². The first kappa shape index (κ1) is 23.2. The Balaban J connectivity index is 1.17. The molecule has 0 spiro atoms. The van der Waals surface area contributed by atoms with E-state index in [-0.39, 0.29) is 0 Å². The maximum absolute atomic E-state index is 6.65. The van der Waals surface area contributed by atoms with Gasteiger partial charge in [0.15, 0.2) is 0 Å². The van der Waals surface area contributed by atoms with E-state index in [1.165, 1.54) is 54.8 Å². The van der Waals surface area contributed by atoms with Gasteiger partial charge in [-0.05, 0) is 84.3 Å². The fraction of sp³-hybridized carbons (Fsp3) is 0.105. The highest BCUT2D eigenvalue weighted by molar-refractivity contribution is 6.12. The molecule has 0 radical (unpaired) electrons. The molecule has 0 unspecified atom stereocenters. The smallest absolute Gasteiger partial charge is 0.140 e. The van der Waals surface area contributed by atoms with Gasteiger partial charge in [-0.25, -0.2) is 9.97 Å². The minimum Gasteiger partial charge on any atom is -0.457 e. The van der Waals surface area contributed by atoms with Gasteiger partial charge in [-0.1, -0.05) is 48.5 Å². The number of benzene rings is 4. The fourth-order valence-corrected chi connectivity index (χ4v) is 7.53. The molecule has 2 aliphatic rings. The number of hydrogen-bond acceptors (Lipinski definition) is 3. The lowest BCUT2D eigenvalue weighted by atomic mass is 10.0. The van der Waals surface area contributed by atoms with Gasteiger partial charge < -0.3 is 4.74 Å². The Morgan fingerprint density at radius 3 is 1.44 bits per heavy atom. The van der Waals surface area contributed by atoms with Crippen molar-refractivity contribution in [2.45, 2.75) is 25.7 Å². The number of fused-ring (bicyclic) bond motifs is 10. The molecule has 204 valence electrons. The molecular weight excluding hydrogens is 528 g/mol. The number of nitrogens with zero attached hydrogens (tertiary/aromatic N) is 4. The molecule has 8 aromatic rings. The average Bonchev–Trinajstić information content (AvgIpc) is 3.41. The number of aromatic nitrogens is 4. The molecule has 2 aliphatic heterocycles. The molecule has 4 aromatic heterocycles. The van der Waals surface area contributed by atoms with Crippen molar-refractivity contribution in [1.29, 1.82) is 0 Å². The van der Waals surface area contributed by atoms with E-state index in [0.29, 0.717) is 0 Å². The monoisotopic (exact) mass is 554 g/mol. The number of ether oxygens (including phenoxy) is 1. The quantitative estimate of drug-likeness (QED) is 0.215. The number of pyridine rings is 2. The Hall–Kier alpha value is -5.42. The molecule has 0 atom stereocenters. The van der Waals surface area contributed by atoms with Gasteiger partial charge in [-0.3, -0.25) is 9.13 Å². The van der Waals surface area contributed by atoms with Crippen LogP contribution in [0.5, 0.6) is 11.5 Å². The second-order valence-electron chi connectivity index (χ2n) is 11.7. The number of hydrogen-bond donors (Lipinski definition) is 0. The topological polar surface area (TPSA) is 44.9 Å². The van der Waals surface area contributed by atoms with Crippen LogP contribution >= 0.6 is 0 Å². The predicted octanol–water partition coefficient (Wildman–Crippen LogP) is 8.66. The van der Waals surface area contributed by atoms with Crippen LogP contribution < -0.4 is 4.74 Å². The molecule has 5 heteroatoms. The largest absolute Gasteiger partial charge is 0.457 e.